The van der Waals surface area contributed by atoms with Gasteiger partial charge in [0.1, 0.15) is 40.2 Å². The lowest BCUT2D eigenvalue weighted by molar-refractivity contribution is -0.130. The van der Waals surface area contributed by atoms with Crippen LogP contribution in [0.4, 0.5) is 0 Å². The molecule has 24 nitrogen and oxygen atoms in total. The monoisotopic (exact) mass is 1690 g/mol. The van der Waals surface area contributed by atoms with Crippen LogP contribution in [0.15, 0.2) is 131 Å². The first kappa shape index (κ1) is 122. The van der Waals surface area contributed by atoms with Crippen molar-refractivity contribution in [2.75, 3.05) is 18.1 Å². The second kappa shape index (κ2) is 72.1. The summed E-state index contributed by atoms with van der Waals surface area (Å²) in [7, 11) is -13.7. The molecule has 0 unspecified atom stereocenters. The highest BCUT2D eigenvalue weighted by Gasteiger charge is 2.24. The Morgan fingerprint density at radius 2 is 0.896 bits per heavy atom. The zero-order valence-corrected chi connectivity index (χ0v) is 79.1. The van der Waals surface area contributed by atoms with Crippen molar-refractivity contribution in [1.29, 1.82) is 26.3 Å². The van der Waals surface area contributed by atoms with Crippen LogP contribution in [0.1, 0.15) is 271 Å². The van der Waals surface area contributed by atoms with E-state index in [4.69, 9.17) is 30.4 Å². The fourth-order valence-electron chi connectivity index (χ4n) is 7.36. The van der Waals surface area contributed by atoms with E-state index in [0.717, 1.165) is 24.8 Å². The lowest BCUT2D eigenvalue weighted by Gasteiger charge is -2.34. The highest BCUT2D eigenvalue weighted by molar-refractivity contribution is 7.95. The number of nitriles is 5. The van der Waals surface area contributed by atoms with Crippen molar-refractivity contribution >= 4 is 80.5 Å². The normalized spacial score (nSPS) is 12.1. The summed E-state index contributed by atoms with van der Waals surface area (Å²) in [5.74, 6) is 1.91. The molecule has 115 heavy (non-hydrogen) atoms. The number of carbonyl (C=O) groups excluding carboxylic acids is 7. The third-order valence-corrected chi connectivity index (χ3v) is 18.3. The van der Waals surface area contributed by atoms with Crippen LogP contribution in [-0.4, -0.2) is 120 Å². The molecule has 0 spiro atoms. The second-order valence-corrected chi connectivity index (χ2v) is 38.4. The van der Waals surface area contributed by atoms with E-state index in [0.29, 0.717) is 55.8 Å². The van der Waals surface area contributed by atoms with E-state index < -0.39 is 50.6 Å². The fraction of sp³-hybridized carbons (Fsp3) is 0.609. The molecule has 2 amide bonds. The summed E-state index contributed by atoms with van der Waals surface area (Å²) in [6, 6.07) is 8.08. The van der Waals surface area contributed by atoms with Gasteiger partial charge in [0.25, 0.3) is 0 Å². The van der Waals surface area contributed by atoms with Crippen LogP contribution in [0.2, 0.25) is 0 Å². The first-order valence-corrected chi connectivity index (χ1v) is 44.1. The zero-order valence-electron chi connectivity index (χ0n) is 78.9. The van der Waals surface area contributed by atoms with Crippen molar-refractivity contribution < 1.29 is 71.3 Å². The van der Waals surface area contributed by atoms with Gasteiger partial charge in [0.05, 0.1) is 32.3 Å². The van der Waals surface area contributed by atoms with Gasteiger partial charge in [-0.25, -0.2) is 43.1 Å². The van der Waals surface area contributed by atoms with Crippen molar-refractivity contribution in [2.45, 2.75) is 289 Å². The van der Waals surface area contributed by atoms with E-state index in [1.54, 1.807) is 105 Å². The molecule has 656 valence electrons. The van der Waals surface area contributed by atoms with Gasteiger partial charge in [-0.1, -0.05) is 180 Å². The summed E-state index contributed by atoms with van der Waals surface area (Å²) in [6.45, 7) is 76.7. The molecular weight excluding hydrogens is 1540 g/mol. The molecular formula is C87H149N9O15S4. The molecule has 0 saturated heterocycles. The predicted octanol–water partition coefficient (Wildman–Crippen LogP) is 18.1. The zero-order chi connectivity index (χ0) is 96.4. The van der Waals surface area contributed by atoms with Crippen molar-refractivity contribution in [2.24, 2.45) is 41.4 Å². The third kappa shape index (κ3) is 96.1. The minimum atomic E-state index is -3.75. The molecule has 28 heteroatoms. The number of rotatable bonds is 31. The van der Waals surface area contributed by atoms with Crippen molar-refractivity contribution in [3.8, 4) is 30.3 Å². The first-order valence-electron chi connectivity index (χ1n) is 39.3. The highest BCUT2D eigenvalue weighted by Crippen LogP contribution is 2.15. The maximum absolute atomic E-state index is 11.4. The van der Waals surface area contributed by atoms with Gasteiger partial charge >= 0.3 is 0 Å². The maximum atomic E-state index is 11.4. The summed E-state index contributed by atoms with van der Waals surface area (Å²) < 4.78 is 114. The fourth-order valence-corrected chi connectivity index (χ4v) is 12.0. The van der Waals surface area contributed by atoms with Crippen LogP contribution < -0.4 is 14.8 Å². The van der Waals surface area contributed by atoms with Gasteiger partial charge in [0, 0.05) is 72.1 Å². The Hall–Kier alpha value is -8.40. The number of sulfonamides is 2. The Kier molecular flexibility index (Phi) is 76.6. The molecule has 0 aromatic carbocycles. The Labute approximate surface area is 703 Å². The first-order chi connectivity index (χ1) is 53.3. The number of carbonyl (C=O) groups is 7. The Balaban J connectivity index is -0.000000119. The number of Topliss-reactive ketones (excluding diaryl/α,β-unsaturated/α-hetero) is 3. The summed E-state index contributed by atoms with van der Waals surface area (Å²) in [5.41, 5.74) is -0.337. The molecule has 0 aromatic heterocycles. The molecule has 0 radical (unpaired) electrons. The van der Waals surface area contributed by atoms with E-state index >= 15 is 0 Å². The van der Waals surface area contributed by atoms with Crippen LogP contribution in [-0.2, 0) is 73.3 Å². The van der Waals surface area contributed by atoms with Crippen molar-refractivity contribution in [3.05, 3.63) is 131 Å². The van der Waals surface area contributed by atoms with Gasteiger partial charge in [0.15, 0.2) is 48.6 Å². The molecule has 0 aromatic rings. The van der Waals surface area contributed by atoms with Crippen LogP contribution in [0, 0.1) is 98.1 Å². The lowest BCUT2D eigenvalue weighted by Crippen LogP contribution is -2.45. The summed E-state index contributed by atoms with van der Waals surface area (Å²) in [4.78, 5) is 78.2. The number of nitrogens with one attached hydrogen (secondary N) is 3. The largest absolute Gasteiger partial charge is 0.348 e. The number of allylic oxidation sites excluding steroid dienone is 13. The maximum Gasteiger partial charge on any atom is 0.246 e. The summed E-state index contributed by atoms with van der Waals surface area (Å²) >= 11 is 0. The second-order valence-electron chi connectivity index (χ2n) is 31.3. The lowest BCUT2D eigenvalue weighted by atomic mass is 10.0. The average Bonchev–Trinajstić information content (AvgIpc) is 0.873. The smallest absolute Gasteiger partial charge is 0.246 e. The van der Waals surface area contributed by atoms with Gasteiger partial charge < -0.3 is 10.2 Å². The standard InChI is InChI=1S/C10H19NO.2C9H13NO.C9H16O.C8H13NO2S.C8H11NO.C8H14O.C7H11NO2S.C7H13NO.2C6H13NO2S/c1-6-8-11(9(12)7-2)10(3,4)5;2*1-4-8(6-10)9(11)5-7(2)3;1-4-5-6-9(10)7-8(2)3;1-4-8(5-9)12(10,11)6-7(2)3;1-6(2)4-8(10)7(3)5-9;1-4-5-8(9)6-7(2)3;1-6(2)5-11(9,10)7(3)4-8;1-5-6(9)8-7(2,3)4;1-5-10(8,9)7-6(2,3)4;1-4-5-10(8,9)7-6(2)3/h7H,2,6,8H2,1,3-5H3;2*4,7H,5H2,1-3H3;5-6,8H,4,7H2,1-3H3;4,7H,6H2,1-3H3;6H,3-4H2,1-2H3;4-5,7H,6H2,1-3H3;6H,3,5H2,1-2H3;5H,1H2,2-4H3,(H,8,9);5,7H,1H2,2-4H3;4-7H,1-3H3/b;2*8-4+;6-5+;8-4+;;5-4+;;;;5-4+/i;4D;;;;;;;;;4D,5D. The molecule has 0 heterocycles. The molecule has 0 atom stereocenters. The number of nitrogens with zero attached hydrogens (tertiary/aromatic N) is 6. The molecule has 0 aliphatic carbocycles. The Bertz CT molecular complexity index is 4000. The minimum Gasteiger partial charge on any atom is -0.348 e. The molecule has 0 rings (SSSR count). The number of hydrogen-bond donors (Lipinski definition) is 3. The van der Waals surface area contributed by atoms with Crippen LogP contribution in [0.25, 0.3) is 0 Å². The van der Waals surface area contributed by atoms with Crippen LogP contribution >= 0.6 is 0 Å². The van der Waals surface area contributed by atoms with Crippen LogP contribution in [0.3, 0.4) is 0 Å². The molecule has 0 bridgehead atoms. The van der Waals surface area contributed by atoms with Crippen LogP contribution in [0.5, 0.6) is 0 Å². The molecule has 3 N–H and O–H groups in total. The molecule has 0 fully saturated rings. The van der Waals surface area contributed by atoms with E-state index in [9.17, 15) is 67.2 Å². The van der Waals surface area contributed by atoms with Gasteiger partial charge in [0.2, 0.25) is 31.9 Å². The van der Waals surface area contributed by atoms with E-state index in [1.807, 2.05) is 142 Å². The third-order valence-electron chi connectivity index (χ3n) is 11.7. The number of sulfone groups is 2. The van der Waals surface area contributed by atoms with Crippen molar-refractivity contribution in [3.63, 3.8) is 0 Å². The van der Waals surface area contributed by atoms with Gasteiger partial charge in [-0.2, -0.15) is 26.3 Å². The topological polar surface area (TPSA) is 414 Å². The van der Waals surface area contributed by atoms with Gasteiger partial charge in [-0.05, 0) is 189 Å². The Morgan fingerprint density at radius 3 is 1.14 bits per heavy atom. The number of ketones is 5. The van der Waals surface area contributed by atoms with Gasteiger partial charge in [-0.3, -0.25) is 33.6 Å². The number of hydrogen-bond acceptors (Lipinski definition) is 20. The SMILES string of the molecule is C/C=C(\C#N)C(=O)CC(C)C.C/C=C(\C#N)S(=O)(=O)CC(C)C.C/C=C/C(=O)CC(C)C.C=C(C#N)C(=O)CC(C)C.C=C(C#N)S(=O)(=O)CC(C)C.C=CC(=O)N(CCC)C(C)(C)C.C=CC(=O)NC(C)(C)C.C=CS(=O)(=O)NC(C)(C)C.CC/C=C/C(=O)CC(C)C.[2H]/C(C)=C(/C#N)C(=O)CC(C)C.[2H]/C(C)=C(/[2H])S(=O)(=O)NC(C)C. The average molecular weight is 1690 g/mol. The van der Waals surface area contributed by atoms with Crippen molar-refractivity contribution in [1.82, 2.24) is 19.7 Å². The molecule has 0 aliphatic rings. The van der Waals surface area contributed by atoms with E-state index in [-0.39, 0.29) is 126 Å². The quantitative estimate of drug-likeness (QED) is 0.0428. The summed E-state index contributed by atoms with van der Waals surface area (Å²) in [5, 5.41) is 44.9. The highest BCUT2D eigenvalue weighted by atomic mass is 32.2. The van der Waals surface area contributed by atoms with Gasteiger partial charge in [-0.15, -0.1) is 0 Å². The molecule has 0 saturated carbocycles. The molecule has 0 aliphatic heterocycles. The minimum absolute atomic E-state index is 0.000602. The van der Waals surface area contributed by atoms with E-state index in [2.05, 4.69) is 68.4 Å². The Morgan fingerprint density at radius 1 is 0.496 bits per heavy atom. The van der Waals surface area contributed by atoms with E-state index in [1.165, 1.54) is 38.1 Å². The predicted molar refractivity (Wildman–Crippen MR) is 475 cm³/mol. The number of amides is 2. The summed E-state index contributed by atoms with van der Waals surface area (Å²) in [6.07, 6.45) is 17.0.